The predicted octanol–water partition coefficient (Wildman–Crippen LogP) is 3.12. The Morgan fingerprint density at radius 2 is 2.17 bits per heavy atom. The minimum absolute atomic E-state index is 0.270. The quantitative estimate of drug-likeness (QED) is 0.629. The van der Waals surface area contributed by atoms with Gasteiger partial charge in [0.25, 0.3) is 5.91 Å². The van der Waals surface area contributed by atoms with E-state index in [4.69, 9.17) is 23.2 Å². The van der Waals surface area contributed by atoms with Gasteiger partial charge in [-0.2, -0.15) is 10.2 Å². The number of aryl methyl sites for hydroxylation is 2. The molecule has 1 amide bonds. The molecule has 7 nitrogen and oxygen atoms in total. The van der Waals surface area contributed by atoms with E-state index in [0.717, 1.165) is 0 Å². The van der Waals surface area contributed by atoms with Gasteiger partial charge in [0.05, 0.1) is 10.2 Å². The molecule has 0 radical (unpaired) electrons. The SMILES string of the molecule is Cc1nn(CCCNC(=O)c2nn3cccnc3c2Br)c(Cl)c1Cl. The molecule has 0 saturated carbocycles. The van der Waals surface area contributed by atoms with E-state index in [1.807, 2.05) is 0 Å². The van der Waals surface area contributed by atoms with E-state index in [9.17, 15) is 4.79 Å². The van der Waals surface area contributed by atoms with Crippen LogP contribution < -0.4 is 5.32 Å². The molecule has 1 N–H and O–H groups in total. The molecule has 10 heteroatoms. The molecule has 3 rings (SSSR count). The molecule has 0 spiro atoms. The second-order valence-corrected chi connectivity index (χ2v) is 6.60. The summed E-state index contributed by atoms with van der Waals surface area (Å²) in [6, 6.07) is 1.75. The zero-order chi connectivity index (χ0) is 17.3. The fraction of sp³-hybridized carbons (Fsp3) is 0.286. The van der Waals surface area contributed by atoms with E-state index in [-0.39, 0.29) is 5.91 Å². The number of hydrogen-bond donors (Lipinski definition) is 1. The molecule has 0 aromatic carbocycles. The van der Waals surface area contributed by atoms with E-state index in [2.05, 4.69) is 36.4 Å². The molecular formula is C14H13BrCl2N6O. The minimum Gasteiger partial charge on any atom is -0.351 e. The van der Waals surface area contributed by atoms with Crippen molar-refractivity contribution in [2.45, 2.75) is 19.9 Å². The van der Waals surface area contributed by atoms with Gasteiger partial charge in [-0.3, -0.25) is 9.48 Å². The fourth-order valence-corrected chi connectivity index (χ4v) is 3.14. The van der Waals surface area contributed by atoms with E-state index >= 15 is 0 Å². The summed E-state index contributed by atoms with van der Waals surface area (Å²) in [5.74, 6) is -0.270. The van der Waals surface area contributed by atoms with Gasteiger partial charge in [0.2, 0.25) is 0 Å². The Hall–Kier alpha value is -1.64. The Morgan fingerprint density at radius 1 is 1.38 bits per heavy atom. The third-order valence-corrected chi connectivity index (χ3v) is 5.05. The zero-order valence-electron chi connectivity index (χ0n) is 12.6. The van der Waals surface area contributed by atoms with Crippen molar-refractivity contribution in [2.75, 3.05) is 6.54 Å². The first-order chi connectivity index (χ1) is 11.5. The van der Waals surface area contributed by atoms with Crippen LogP contribution in [0.4, 0.5) is 0 Å². The predicted molar refractivity (Wildman–Crippen MR) is 94.6 cm³/mol. The number of carbonyl (C=O) groups is 1. The number of nitrogens with one attached hydrogen (secondary N) is 1. The van der Waals surface area contributed by atoms with Crippen LogP contribution in [0, 0.1) is 6.92 Å². The van der Waals surface area contributed by atoms with Crippen LogP contribution in [0.15, 0.2) is 22.9 Å². The van der Waals surface area contributed by atoms with Crippen molar-refractivity contribution in [3.05, 3.63) is 44.5 Å². The van der Waals surface area contributed by atoms with Crippen molar-refractivity contribution in [2.24, 2.45) is 0 Å². The van der Waals surface area contributed by atoms with Crippen molar-refractivity contribution < 1.29 is 4.79 Å². The van der Waals surface area contributed by atoms with Gasteiger partial charge in [-0.05, 0) is 35.3 Å². The van der Waals surface area contributed by atoms with Crippen molar-refractivity contribution >= 4 is 50.7 Å². The molecule has 3 aromatic heterocycles. The lowest BCUT2D eigenvalue weighted by Gasteiger charge is -2.05. The van der Waals surface area contributed by atoms with E-state index in [0.29, 0.717) is 51.2 Å². The maximum atomic E-state index is 12.3. The topological polar surface area (TPSA) is 77.1 Å². The summed E-state index contributed by atoms with van der Waals surface area (Å²) in [4.78, 5) is 16.4. The van der Waals surface area contributed by atoms with Gasteiger partial charge in [0, 0.05) is 25.5 Å². The first-order valence-corrected chi connectivity index (χ1v) is 8.69. The van der Waals surface area contributed by atoms with Gasteiger partial charge in [-0.25, -0.2) is 9.50 Å². The van der Waals surface area contributed by atoms with Crippen molar-refractivity contribution in [3.63, 3.8) is 0 Å². The van der Waals surface area contributed by atoms with Crippen LogP contribution in [-0.4, -0.2) is 36.8 Å². The van der Waals surface area contributed by atoms with Crippen LogP contribution in [-0.2, 0) is 6.54 Å². The molecule has 0 bridgehead atoms. The van der Waals surface area contributed by atoms with Crippen LogP contribution in [0.5, 0.6) is 0 Å². The Balaban J connectivity index is 1.59. The van der Waals surface area contributed by atoms with Crippen LogP contribution in [0.3, 0.4) is 0 Å². The fourth-order valence-electron chi connectivity index (χ4n) is 2.20. The van der Waals surface area contributed by atoms with E-state index in [1.54, 1.807) is 34.6 Å². The van der Waals surface area contributed by atoms with E-state index in [1.165, 1.54) is 0 Å². The average molecular weight is 432 g/mol. The van der Waals surface area contributed by atoms with Gasteiger partial charge in [0.15, 0.2) is 11.3 Å². The van der Waals surface area contributed by atoms with Crippen molar-refractivity contribution in [3.8, 4) is 0 Å². The van der Waals surface area contributed by atoms with E-state index < -0.39 is 0 Å². The number of halogens is 3. The Morgan fingerprint density at radius 3 is 2.83 bits per heavy atom. The largest absolute Gasteiger partial charge is 0.351 e. The molecule has 0 saturated heterocycles. The lowest BCUT2D eigenvalue weighted by Crippen LogP contribution is -2.26. The van der Waals surface area contributed by atoms with Crippen molar-refractivity contribution in [1.82, 2.24) is 29.7 Å². The lowest BCUT2D eigenvalue weighted by atomic mass is 10.3. The number of aromatic nitrogens is 5. The summed E-state index contributed by atoms with van der Waals surface area (Å²) < 4.78 is 3.74. The van der Waals surface area contributed by atoms with Gasteiger partial charge in [-0.1, -0.05) is 23.2 Å². The number of fused-ring (bicyclic) bond motifs is 1. The van der Waals surface area contributed by atoms with Crippen molar-refractivity contribution in [1.29, 1.82) is 0 Å². The summed E-state index contributed by atoms with van der Waals surface area (Å²) in [6.45, 7) is 2.81. The third-order valence-electron chi connectivity index (χ3n) is 3.38. The zero-order valence-corrected chi connectivity index (χ0v) is 15.7. The van der Waals surface area contributed by atoms with Crippen LogP contribution in [0.25, 0.3) is 5.65 Å². The smallest absolute Gasteiger partial charge is 0.273 e. The minimum atomic E-state index is -0.270. The molecule has 0 atom stereocenters. The molecule has 24 heavy (non-hydrogen) atoms. The normalized spacial score (nSPS) is 11.2. The second kappa shape index (κ2) is 7.08. The Labute approximate surface area is 156 Å². The van der Waals surface area contributed by atoms with Gasteiger partial charge in [0.1, 0.15) is 10.2 Å². The summed E-state index contributed by atoms with van der Waals surface area (Å²) in [5.41, 5.74) is 1.58. The molecule has 0 aliphatic heterocycles. The second-order valence-electron chi connectivity index (χ2n) is 5.07. The highest BCUT2D eigenvalue weighted by atomic mass is 79.9. The van der Waals surface area contributed by atoms with Gasteiger partial charge in [-0.15, -0.1) is 0 Å². The Kier molecular flexibility index (Phi) is 5.07. The monoisotopic (exact) mass is 430 g/mol. The number of nitrogens with zero attached hydrogens (tertiary/aromatic N) is 5. The molecule has 3 heterocycles. The highest BCUT2D eigenvalue weighted by Crippen LogP contribution is 2.25. The highest BCUT2D eigenvalue weighted by molar-refractivity contribution is 9.10. The molecule has 0 aliphatic rings. The average Bonchev–Trinajstić information content (AvgIpc) is 3.04. The number of amides is 1. The third kappa shape index (κ3) is 3.26. The molecular weight excluding hydrogens is 419 g/mol. The lowest BCUT2D eigenvalue weighted by molar-refractivity contribution is 0.0946. The maximum absolute atomic E-state index is 12.3. The molecule has 3 aromatic rings. The standard InChI is InChI=1S/C14H13BrCl2N6O/c1-8-10(16)12(17)22(20-8)6-3-5-19-14(24)11-9(15)13-18-4-2-7-23(13)21-11/h2,4,7H,3,5-6H2,1H3,(H,19,24). The number of carbonyl (C=O) groups excluding carboxylic acids is 1. The molecule has 0 unspecified atom stereocenters. The number of rotatable bonds is 5. The maximum Gasteiger partial charge on any atom is 0.273 e. The first kappa shape index (κ1) is 17.2. The molecule has 126 valence electrons. The summed E-state index contributed by atoms with van der Waals surface area (Å²) in [6.07, 6.45) is 4.03. The van der Waals surface area contributed by atoms with Gasteiger partial charge >= 0.3 is 0 Å². The molecule has 0 fully saturated rings. The Bertz CT molecular complexity index is 906. The van der Waals surface area contributed by atoms with Crippen LogP contribution in [0.1, 0.15) is 22.6 Å². The summed E-state index contributed by atoms with van der Waals surface area (Å²) >= 11 is 15.4. The first-order valence-electron chi connectivity index (χ1n) is 7.14. The molecule has 0 aliphatic carbocycles. The van der Waals surface area contributed by atoms with Crippen LogP contribution >= 0.6 is 39.1 Å². The summed E-state index contributed by atoms with van der Waals surface area (Å²) in [5, 5.41) is 12.1. The van der Waals surface area contributed by atoms with Gasteiger partial charge < -0.3 is 5.32 Å². The summed E-state index contributed by atoms with van der Waals surface area (Å²) in [7, 11) is 0. The van der Waals surface area contributed by atoms with Crippen LogP contribution in [0.2, 0.25) is 10.2 Å². The highest BCUT2D eigenvalue weighted by Gasteiger charge is 2.18. The number of hydrogen-bond acceptors (Lipinski definition) is 4.